The fraction of sp³-hybridized carbons (Fsp3) is 0.333. The molecule has 1 heteroatoms. The van der Waals surface area contributed by atoms with Gasteiger partial charge in [0, 0.05) is 0 Å². The SMILES string of the molecule is Cc1ccc(C(C)C)cc2c(CO)ccc1-2. The molecule has 0 unspecified atom stereocenters. The number of fused-ring (bicyclic) bond motifs is 1. The van der Waals surface area contributed by atoms with Gasteiger partial charge in [0.2, 0.25) is 0 Å². The molecule has 84 valence electrons. The van der Waals surface area contributed by atoms with Gasteiger partial charge in [-0.3, -0.25) is 0 Å². The lowest BCUT2D eigenvalue weighted by molar-refractivity contribution is 0.283. The maximum absolute atomic E-state index is 9.33. The normalized spacial score (nSPS) is 11.3. The molecule has 0 amide bonds. The van der Waals surface area contributed by atoms with Crippen LogP contribution in [-0.2, 0) is 6.61 Å². The van der Waals surface area contributed by atoms with Crippen LogP contribution in [0.4, 0.5) is 0 Å². The molecule has 0 saturated heterocycles. The summed E-state index contributed by atoms with van der Waals surface area (Å²) in [4.78, 5) is 0. The smallest absolute Gasteiger partial charge is 0.0687 e. The lowest BCUT2D eigenvalue weighted by atomic mass is 10.0. The van der Waals surface area contributed by atoms with Crippen LogP contribution in [0, 0.1) is 6.92 Å². The Labute approximate surface area is 97.1 Å². The van der Waals surface area contributed by atoms with E-state index in [1.165, 1.54) is 22.3 Å². The van der Waals surface area contributed by atoms with E-state index >= 15 is 0 Å². The fourth-order valence-electron chi connectivity index (χ4n) is 2.07. The predicted octanol–water partition coefficient (Wildman–Crippen LogP) is 3.72. The summed E-state index contributed by atoms with van der Waals surface area (Å²) in [5.74, 6) is 0.511. The van der Waals surface area contributed by atoms with Crippen molar-refractivity contribution in [2.45, 2.75) is 33.3 Å². The zero-order chi connectivity index (χ0) is 11.7. The van der Waals surface area contributed by atoms with Crippen molar-refractivity contribution < 1.29 is 5.11 Å². The first-order valence-corrected chi connectivity index (χ1v) is 5.76. The van der Waals surface area contributed by atoms with Gasteiger partial charge in [0.25, 0.3) is 0 Å². The second kappa shape index (κ2) is 4.26. The summed E-state index contributed by atoms with van der Waals surface area (Å²) in [5, 5.41) is 9.33. The van der Waals surface area contributed by atoms with Gasteiger partial charge in [-0.1, -0.05) is 44.2 Å². The molecule has 0 spiro atoms. The molecule has 0 aromatic carbocycles. The van der Waals surface area contributed by atoms with Crippen LogP contribution in [0.5, 0.6) is 0 Å². The number of hydrogen-bond acceptors (Lipinski definition) is 1. The van der Waals surface area contributed by atoms with Crippen LogP contribution in [0.25, 0.3) is 11.1 Å². The van der Waals surface area contributed by atoms with Gasteiger partial charge in [0.1, 0.15) is 0 Å². The van der Waals surface area contributed by atoms with Crippen LogP contribution in [0.3, 0.4) is 0 Å². The van der Waals surface area contributed by atoms with Crippen molar-refractivity contribution in [1.29, 1.82) is 0 Å². The average Bonchev–Trinajstić information content (AvgIpc) is 2.58. The third-order valence-electron chi connectivity index (χ3n) is 3.19. The van der Waals surface area contributed by atoms with Gasteiger partial charge in [-0.15, -0.1) is 0 Å². The van der Waals surface area contributed by atoms with E-state index in [2.05, 4.69) is 45.0 Å². The van der Waals surface area contributed by atoms with Gasteiger partial charge >= 0.3 is 0 Å². The maximum atomic E-state index is 9.33. The van der Waals surface area contributed by atoms with Crippen molar-refractivity contribution in [3.8, 4) is 11.1 Å². The van der Waals surface area contributed by atoms with Crippen molar-refractivity contribution in [3.63, 3.8) is 0 Å². The van der Waals surface area contributed by atoms with Crippen LogP contribution < -0.4 is 0 Å². The molecule has 0 aliphatic heterocycles. The summed E-state index contributed by atoms with van der Waals surface area (Å²) in [6.45, 7) is 6.62. The minimum Gasteiger partial charge on any atom is -0.392 e. The Balaban J connectivity index is 2.69. The van der Waals surface area contributed by atoms with Crippen molar-refractivity contribution in [1.82, 2.24) is 0 Å². The van der Waals surface area contributed by atoms with Crippen LogP contribution in [0.2, 0.25) is 0 Å². The molecular formula is C15H18O. The summed E-state index contributed by atoms with van der Waals surface area (Å²) in [6.07, 6.45) is 0. The Morgan fingerprint density at radius 3 is 2.44 bits per heavy atom. The van der Waals surface area contributed by atoms with Gasteiger partial charge in [0.05, 0.1) is 6.61 Å². The lowest BCUT2D eigenvalue weighted by Crippen LogP contribution is -1.86. The zero-order valence-corrected chi connectivity index (χ0v) is 10.1. The maximum Gasteiger partial charge on any atom is 0.0687 e. The van der Waals surface area contributed by atoms with Gasteiger partial charge in [-0.2, -0.15) is 0 Å². The number of aryl methyl sites for hydroxylation is 1. The molecule has 0 aromatic rings. The van der Waals surface area contributed by atoms with Gasteiger partial charge < -0.3 is 5.11 Å². The van der Waals surface area contributed by atoms with Gasteiger partial charge in [0.15, 0.2) is 0 Å². The fourth-order valence-corrected chi connectivity index (χ4v) is 2.07. The Hall–Kier alpha value is -1.34. The standard InChI is InChI=1S/C15H18O/c1-10(2)12-5-4-11(3)14-7-6-13(9-16)15(14)8-12/h4-8,10,16H,9H2,1-3H3. The molecule has 2 aliphatic rings. The highest BCUT2D eigenvalue weighted by atomic mass is 16.3. The molecular weight excluding hydrogens is 196 g/mol. The predicted molar refractivity (Wildman–Crippen MR) is 67.8 cm³/mol. The molecule has 0 bridgehead atoms. The molecule has 0 saturated carbocycles. The van der Waals surface area contributed by atoms with Gasteiger partial charge in [-0.25, -0.2) is 0 Å². The summed E-state index contributed by atoms with van der Waals surface area (Å²) in [5.41, 5.74) is 6.04. The highest BCUT2D eigenvalue weighted by Gasteiger charge is 2.11. The van der Waals surface area contributed by atoms with E-state index in [9.17, 15) is 5.11 Å². The Kier molecular flexibility index (Phi) is 2.97. The quantitative estimate of drug-likeness (QED) is 0.808. The number of aliphatic hydroxyl groups excluding tert-OH is 1. The summed E-state index contributed by atoms with van der Waals surface area (Å²) < 4.78 is 0. The third-order valence-corrected chi connectivity index (χ3v) is 3.19. The molecule has 1 nitrogen and oxygen atoms in total. The summed E-state index contributed by atoms with van der Waals surface area (Å²) in [7, 11) is 0. The van der Waals surface area contributed by atoms with Crippen LogP contribution >= 0.6 is 0 Å². The zero-order valence-electron chi connectivity index (χ0n) is 10.1. The summed E-state index contributed by atoms with van der Waals surface area (Å²) >= 11 is 0. The molecule has 2 rings (SSSR count). The van der Waals surface area contributed by atoms with Gasteiger partial charge in [-0.05, 0) is 40.7 Å². The Morgan fingerprint density at radius 2 is 1.81 bits per heavy atom. The van der Waals surface area contributed by atoms with Crippen molar-refractivity contribution in [3.05, 3.63) is 47.0 Å². The monoisotopic (exact) mass is 214 g/mol. The molecule has 0 heterocycles. The third kappa shape index (κ3) is 1.83. The Morgan fingerprint density at radius 1 is 1.06 bits per heavy atom. The summed E-state index contributed by atoms with van der Waals surface area (Å²) in [6, 6.07) is 10.7. The van der Waals surface area contributed by atoms with E-state index in [-0.39, 0.29) is 6.61 Å². The number of hydrogen-bond donors (Lipinski definition) is 1. The molecule has 0 fully saturated rings. The van der Waals surface area contributed by atoms with E-state index in [1.54, 1.807) is 0 Å². The van der Waals surface area contributed by atoms with Crippen molar-refractivity contribution in [2.24, 2.45) is 0 Å². The largest absolute Gasteiger partial charge is 0.392 e. The molecule has 0 aromatic heterocycles. The molecule has 16 heavy (non-hydrogen) atoms. The molecule has 0 atom stereocenters. The number of aliphatic hydroxyl groups is 1. The Bertz CT molecular complexity index is 471. The second-order valence-corrected chi connectivity index (χ2v) is 4.66. The lowest BCUT2D eigenvalue weighted by Gasteiger charge is -2.04. The first-order valence-electron chi connectivity index (χ1n) is 5.76. The molecule has 2 aliphatic carbocycles. The minimum atomic E-state index is 0.116. The van der Waals surface area contributed by atoms with E-state index in [4.69, 9.17) is 0 Å². The van der Waals surface area contributed by atoms with Crippen LogP contribution in [-0.4, -0.2) is 5.11 Å². The first kappa shape index (κ1) is 11.2. The van der Waals surface area contributed by atoms with E-state index in [1.807, 2.05) is 6.07 Å². The van der Waals surface area contributed by atoms with Crippen molar-refractivity contribution in [2.75, 3.05) is 0 Å². The van der Waals surface area contributed by atoms with E-state index < -0.39 is 0 Å². The number of rotatable bonds is 2. The highest BCUT2D eigenvalue weighted by Crippen LogP contribution is 2.32. The second-order valence-electron chi connectivity index (χ2n) is 4.66. The van der Waals surface area contributed by atoms with Crippen LogP contribution in [0.15, 0.2) is 30.3 Å². The first-order chi connectivity index (χ1) is 7.63. The average molecular weight is 214 g/mol. The molecule has 1 N–H and O–H groups in total. The minimum absolute atomic E-state index is 0.116. The topological polar surface area (TPSA) is 20.2 Å². The van der Waals surface area contributed by atoms with Crippen LogP contribution in [0.1, 0.15) is 36.5 Å². The van der Waals surface area contributed by atoms with Crippen molar-refractivity contribution >= 4 is 0 Å². The molecule has 0 radical (unpaired) electrons. The van der Waals surface area contributed by atoms with E-state index in [0.29, 0.717) is 5.92 Å². The van der Waals surface area contributed by atoms with E-state index in [0.717, 1.165) is 5.56 Å². The highest BCUT2D eigenvalue weighted by molar-refractivity contribution is 5.74.